The van der Waals surface area contributed by atoms with Gasteiger partial charge in [-0.2, -0.15) is 0 Å². The lowest BCUT2D eigenvalue weighted by molar-refractivity contribution is 0.0590. The van der Waals surface area contributed by atoms with Crippen molar-refractivity contribution in [1.82, 2.24) is 10.2 Å². The van der Waals surface area contributed by atoms with Crippen molar-refractivity contribution in [3.05, 3.63) is 0 Å². The van der Waals surface area contributed by atoms with Crippen molar-refractivity contribution < 1.29 is 4.21 Å². The predicted molar refractivity (Wildman–Crippen MR) is 75.9 cm³/mol. The van der Waals surface area contributed by atoms with E-state index in [9.17, 15) is 4.21 Å². The van der Waals surface area contributed by atoms with Crippen LogP contribution in [0.2, 0.25) is 0 Å². The van der Waals surface area contributed by atoms with E-state index in [1.165, 1.54) is 0 Å². The summed E-state index contributed by atoms with van der Waals surface area (Å²) < 4.78 is 11.2. The lowest BCUT2D eigenvalue weighted by atomic mass is 9.92. The molecule has 1 fully saturated rings. The Morgan fingerprint density at radius 1 is 1.59 bits per heavy atom. The SMILES string of the molecule is CCC1(C)CN(C(C)CCS(C)=O)C(C)CN1. The molecular formula is C13H28N2OS. The van der Waals surface area contributed by atoms with E-state index in [0.29, 0.717) is 12.1 Å². The lowest BCUT2D eigenvalue weighted by Gasteiger charge is -2.47. The topological polar surface area (TPSA) is 32.3 Å². The third kappa shape index (κ3) is 4.34. The molecule has 0 aliphatic carbocycles. The fraction of sp³-hybridized carbons (Fsp3) is 1.00. The Hall–Kier alpha value is 0.0700. The Balaban J connectivity index is 2.57. The lowest BCUT2D eigenvalue weighted by Crippen LogP contribution is -2.63. The van der Waals surface area contributed by atoms with Gasteiger partial charge in [-0.25, -0.2) is 0 Å². The summed E-state index contributed by atoms with van der Waals surface area (Å²) >= 11 is 0. The molecule has 1 aliphatic rings. The van der Waals surface area contributed by atoms with Crippen molar-refractivity contribution in [2.75, 3.05) is 25.1 Å². The molecule has 0 bridgehead atoms. The van der Waals surface area contributed by atoms with E-state index in [4.69, 9.17) is 0 Å². The molecule has 4 atom stereocenters. The monoisotopic (exact) mass is 260 g/mol. The molecule has 0 aromatic carbocycles. The smallest absolute Gasteiger partial charge is 0.0278 e. The van der Waals surface area contributed by atoms with E-state index in [0.717, 1.165) is 31.7 Å². The molecule has 0 radical (unpaired) electrons. The van der Waals surface area contributed by atoms with E-state index >= 15 is 0 Å². The molecule has 0 saturated carbocycles. The van der Waals surface area contributed by atoms with Gasteiger partial charge < -0.3 is 5.32 Å². The molecule has 1 heterocycles. The molecule has 1 aliphatic heterocycles. The van der Waals surface area contributed by atoms with Crippen LogP contribution < -0.4 is 5.32 Å². The van der Waals surface area contributed by atoms with Gasteiger partial charge in [0.2, 0.25) is 0 Å². The molecule has 0 amide bonds. The molecule has 4 heteroatoms. The number of rotatable bonds is 5. The highest BCUT2D eigenvalue weighted by atomic mass is 32.2. The fourth-order valence-electron chi connectivity index (χ4n) is 2.46. The standard InChI is InChI=1S/C13H28N2OS/c1-6-13(4)10-15(12(3)9-14-13)11(2)7-8-17(5)16/h11-12,14H,6-10H2,1-5H3. The predicted octanol–water partition coefficient (Wildman–Crippen LogP) is 1.61. The van der Waals surface area contributed by atoms with Crippen LogP contribution >= 0.6 is 0 Å². The second-order valence-corrected chi connectivity index (χ2v) is 7.29. The van der Waals surface area contributed by atoms with Crippen molar-refractivity contribution in [3.63, 3.8) is 0 Å². The minimum absolute atomic E-state index is 0.242. The Morgan fingerprint density at radius 2 is 2.24 bits per heavy atom. The molecule has 0 aromatic heterocycles. The molecule has 1 N–H and O–H groups in total. The first-order chi connectivity index (χ1) is 7.88. The van der Waals surface area contributed by atoms with Crippen molar-refractivity contribution in [2.24, 2.45) is 0 Å². The zero-order chi connectivity index (χ0) is 13.1. The van der Waals surface area contributed by atoms with Gasteiger partial charge in [0, 0.05) is 53.5 Å². The van der Waals surface area contributed by atoms with Crippen molar-refractivity contribution >= 4 is 10.8 Å². The number of hydrogen-bond donors (Lipinski definition) is 1. The average Bonchev–Trinajstić information content (AvgIpc) is 2.29. The third-order valence-corrected chi connectivity index (χ3v) is 4.90. The second-order valence-electron chi connectivity index (χ2n) is 5.73. The Morgan fingerprint density at radius 3 is 2.76 bits per heavy atom. The third-order valence-electron chi connectivity index (χ3n) is 4.09. The van der Waals surface area contributed by atoms with Crippen molar-refractivity contribution in [3.8, 4) is 0 Å². The first kappa shape index (κ1) is 15.1. The van der Waals surface area contributed by atoms with E-state index in [-0.39, 0.29) is 5.54 Å². The minimum Gasteiger partial charge on any atom is -0.309 e. The maximum absolute atomic E-state index is 11.2. The number of piperazine rings is 1. The van der Waals surface area contributed by atoms with E-state index in [1.807, 2.05) is 0 Å². The number of hydrogen-bond acceptors (Lipinski definition) is 3. The summed E-state index contributed by atoms with van der Waals surface area (Å²) in [6, 6.07) is 1.11. The van der Waals surface area contributed by atoms with Crippen LogP contribution in [-0.2, 0) is 10.8 Å². The highest BCUT2D eigenvalue weighted by molar-refractivity contribution is 7.84. The molecule has 0 aromatic rings. The summed E-state index contributed by atoms with van der Waals surface area (Å²) in [6.07, 6.45) is 3.99. The maximum Gasteiger partial charge on any atom is 0.0278 e. The zero-order valence-corrected chi connectivity index (χ0v) is 12.8. The van der Waals surface area contributed by atoms with E-state index in [1.54, 1.807) is 6.26 Å². The summed E-state index contributed by atoms with van der Waals surface area (Å²) in [5, 5.41) is 3.64. The van der Waals surface area contributed by atoms with Gasteiger partial charge in [-0.1, -0.05) is 6.92 Å². The molecule has 17 heavy (non-hydrogen) atoms. The van der Waals surface area contributed by atoms with Gasteiger partial charge in [0.05, 0.1) is 0 Å². The van der Waals surface area contributed by atoms with Crippen LogP contribution in [0.1, 0.15) is 40.5 Å². The first-order valence-corrected chi connectivity index (χ1v) is 8.41. The van der Waals surface area contributed by atoms with Crippen molar-refractivity contribution in [1.29, 1.82) is 0 Å². The van der Waals surface area contributed by atoms with Gasteiger partial charge in [-0.15, -0.1) is 0 Å². The minimum atomic E-state index is -0.665. The quantitative estimate of drug-likeness (QED) is 0.815. The summed E-state index contributed by atoms with van der Waals surface area (Å²) in [5.74, 6) is 0.820. The van der Waals surface area contributed by atoms with Crippen LogP contribution in [0.25, 0.3) is 0 Å². The highest BCUT2D eigenvalue weighted by Crippen LogP contribution is 2.21. The molecule has 4 unspecified atom stereocenters. The normalized spacial score (nSPS) is 34.5. The summed E-state index contributed by atoms with van der Waals surface area (Å²) in [6.45, 7) is 11.3. The number of nitrogens with one attached hydrogen (secondary N) is 1. The molecule has 1 saturated heterocycles. The molecule has 3 nitrogen and oxygen atoms in total. The molecular weight excluding hydrogens is 232 g/mol. The maximum atomic E-state index is 11.2. The van der Waals surface area contributed by atoms with Gasteiger partial charge in [0.25, 0.3) is 0 Å². The summed E-state index contributed by atoms with van der Waals surface area (Å²) in [7, 11) is -0.665. The summed E-state index contributed by atoms with van der Waals surface area (Å²) in [4.78, 5) is 2.58. The van der Waals surface area contributed by atoms with Gasteiger partial charge in [-0.3, -0.25) is 9.11 Å². The molecule has 102 valence electrons. The fourth-order valence-corrected chi connectivity index (χ4v) is 3.13. The zero-order valence-electron chi connectivity index (χ0n) is 12.0. The van der Waals surface area contributed by atoms with E-state index < -0.39 is 10.8 Å². The van der Waals surface area contributed by atoms with Crippen LogP contribution in [0.5, 0.6) is 0 Å². The average molecular weight is 260 g/mol. The number of nitrogens with zero attached hydrogens (tertiary/aromatic N) is 1. The Bertz CT molecular complexity index is 272. The van der Waals surface area contributed by atoms with Gasteiger partial charge in [0.15, 0.2) is 0 Å². The second kappa shape index (κ2) is 6.30. The highest BCUT2D eigenvalue weighted by Gasteiger charge is 2.34. The largest absolute Gasteiger partial charge is 0.309 e. The summed E-state index contributed by atoms with van der Waals surface area (Å²) in [5.41, 5.74) is 0.242. The molecule has 1 rings (SSSR count). The Labute approximate surface area is 109 Å². The molecule has 0 spiro atoms. The van der Waals surface area contributed by atoms with Gasteiger partial charge in [-0.05, 0) is 33.6 Å². The van der Waals surface area contributed by atoms with E-state index in [2.05, 4.69) is 37.9 Å². The van der Waals surface area contributed by atoms with Gasteiger partial charge in [0.1, 0.15) is 0 Å². The van der Waals surface area contributed by atoms with Gasteiger partial charge >= 0.3 is 0 Å². The first-order valence-electron chi connectivity index (χ1n) is 6.69. The van der Waals surface area contributed by atoms with Crippen LogP contribution in [0, 0.1) is 0 Å². The van der Waals surface area contributed by atoms with Crippen molar-refractivity contribution in [2.45, 2.75) is 58.2 Å². The van der Waals surface area contributed by atoms with Crippen LogP contribution in [0.15, 0.2) is 0 Å². The Kier molecular flexibility index (Phi) is 5.61. The van der Waals surface area contributed by atoms with Crippen LogP contribution in [-0.4, -0.2) is 51.8 Å². The van der Waals surface area contributed by atoms with Crippen LogP contribution in [0.4, 0.5) is 0 Å². The van der Waals surface area contributed by atoms with Crippen LogP contribution in [0.3, 0.4) is 0 Å².